The van der Waals surface area contributed by atoms with Gasteiger partial charge in [0.1, 0.15) is 0 Å². The molecule has 7 heteroatoms. The number of carboxylic acids is 1. The van der Waals surface area contributed by atoms with E-state index in [1.54, 1.807) is 19.1 Å². The maximum absolute atomic E-state index is 12.1. The Hall–Kier alpha value is -2.44. The number of hydrogen-bond acceptors (Lipinski definition) is 6. The topological polar surface area (TPSA) is 91.3 Å². The quantitative estimate of drug-likeness (QED) is 0.604. The normalized spacial score (nSPS) is 22.2. The molecule has 0 radical (unpaired) electrons. The fourth-order valence-electron chi connectivity index (χ4n) is 2.85. The number of aliphatic carboxylic acids is 1. The van der Waals surface area contributed by atoms with Crippen molar-refractivity contribution in [1.82, 2.24) is 0 Å². The summed E-state index contributed by atoms with van der Waals surface area (Å²) in [6, 6.07) is 3.35. The second-order valence-electron chi connectivity index (χ2n) is 5.18. The highest BCUT2D eigenvalue weighted by molar-refractivity contribution is 6.04. The van der Waals surface area contributed by atoms with Crippen molar-refractivity contribution in [2.75, 3.05) is 27.9 Å². The smallest absolute Gasteiger partial charge is 0.324 e. The minimum atomic E-state index is -1.57. The van der Waals surface area contributed by atoms with Crippen LogP contribution in [0, 0.1) is 5.41 Å². The Bertz CT molecular complexity index is 625. The first kappa shape index (κ1) is 16.9. The molecule has 1 aromatic rings. The first-order valence-electron chi connectivity index (χ1n) is 7.17. The number of hydrogen-bond donors (Lipinski definition) is 1. The van der Waals surface area contributed by atoms with Crippen molar-refractivity contribution in [2.45, 2.75) is 19.3 Å². The van der Waals surface area contributed by atoms with Gasteiger partial charge < -0.3 is 24.1 Å². The van der Waals surface area contributed by atoms with Gasteiger partial charge in [0.25, 0.3) is 0 Å². The summed E-state index contributed by atoms with van der Waals surface area (Å²) in [6.45, 7) is 1.77. The molecular weight excluding hydrogens is 304 g/mol. The van der Waals surface area contributed by atoms with Crippen LogP contribution in [0.3, 0.4) is 0 Å². The predicted molar refractivity (Wildman–Crippen MR) is 80.2 cm³/mol. The van der Waals surface area contributed by atoms with E-state index in [1.165, 1.54) is 21.3 Å². The second kappa shape index (κ2) is 6.36. The second-order valence-corrected chi connectivity index (χ2v) is 5.18. The van der Waals surface area contributed by atoms with E-state index >= 15 is 0 Å². The van der Waals surface area contributed by atoms with E-state index in [0.29, 0.717) is 22.8 Å². The Morgan fingerprint density at radius 3 is 2.30 bits per heavy atom. The molecular formula is C16H20O7. The monoisotopic (exact) mass is 324 g/mol. The Morgan fingerprint density at radius 1 is 1.17 bits per heavy atom. The number of ether oxygens (including phenoxy) is 4. The number of carboxylic acid groups (broad SMARTS) is 1. The Balaban J connectivity index is 2.48. The predicted octanol–water partition coefficient (Wildman–Crippen LogP) is 1.83. The van der Waals surface area contributed by atoms with Crippen LogP contribution >= 0.6 is 0 Å². The lowest BCUT2D eigenvalue weighted by Crippen LogP contribution is -2.29. The van der Waals surface area contributed by atoms with Crippen molar-refractivity contribution in [3.05, 3.63) is 17.7 Å². The fraction of sp³-hybridized carbons (Fsp3) is 0.500. The maximum Gasteiger partial charge on any atom is 0.324 e. The lowest BCUT2D eigenvalue weighted by molar-refractivity contribution is -0.161. The van der Waals surface area contributed by atoms with E-state index in [-0.39, 0.29) is 13.0 Å². The molecule has 126 valence electrons. The van der Waals surface area contributed by atoms with Gasteiger partial charge in [-0.15, -0.1) is 0 Å². The molecule has 1 aliphatic carbocycles. The summed E-state index contributed by atoms with van der Waals surface area (Å²) in [7, 11) is 4.41. The average Bonchev–Trinajstić information content (AvgIpc) is 3.30. The molecule has 0 aliphatic heterocycles. The zero-order valence-electron chi connectivity index (χ0n) is 13.5. The van der Waals surface area contributed by atoms with E-state index < -0.39 is 23.3 Å². The summed E-state index contributed by atoms with van der Waals surface area (Å²) in [4.78, 5) is 23.8. The lowest BCUT2D eigenvalue weighted by atomic mass is 9.98. The van der Waals surface area contributed by atoms with Crippen LogP contribution in [0.15, 0.2) is 12.1 Å². The molecule has 1 fully saturated rings. The summed E-state index contributed by atoms with van der Waals surface area (Å²) in [5.41, 5.74) is -0.983. The van der Waals surface area contributed by atoms with E-state index in [9.17, 15) is 14.7 Å². The van der Waals surface area contributed by atoms with Gasteiger partial charge in [0.15, 0.2) is 16.9 Å². The molecule has 1 aliphatic rings. The summed E-state index contributed by atoms with van der Waals surface area (Å²) in [5, 5.41) is 9.53. The van der Waals surface area contributed by atoms with E-state index in [0.717, 1.165) is 0 Å². The number of carbonyl (C=O) groups is 2. The fourth-order valence-corrected chi connectivity index (χ4v) is 2.85. The molecule has 0 amide bonds. The lowest BCUT2D eigenvalue weighted by Gasteiger charge is -2.17. The van der Waals surface area contributed by atoms with E-state index in [2.05, 4.69) is 0 Å². The first-order chi connectivity index (χ1) is 11.0. The zero-order chi connectivity index (χ0) is 17.2. The van der Waals surface area contributed by atoms with Crippen LogP contribution in [0.5, 0.6) is 17.2 Å². The highest BCUT2D eigenvalue weighted by Gasteiger charge is 2.68. The standard InChI is InChI=1S/C16H20O7/c1-5-23-15(19)16(14(17)18)8-10(16)9-6-7-11(20-2)13(22-4)12(9)21-3/h6-7,10H,5,8H2,1-4H3,(H,17,18). The molecule has 0 spiro atoms. The summed E-state index contributed by atoms with van der Waals surface area (Å²) in [5.74, 6) is -1.27. The van der Waals surface area contributed by atoms with Gasteiger partial charge in [-0.3, -0.25) is 9.59 Å². The number of carbonyl (C=O) groups excluding carboxylic acids is 1. The highest BCUT2D eigenvalue weighted by atomic mass is 16.5. The molecule has 1 saturated carbocycles. The molecule has 2 unspecified atom stereocenters. The summed E-state index contributed by atoms with van der Waals surface area (Å²) < 4.78 is 20.8. The average molecular weight is 324 g/mol. The molecule has 23 heavy (non-hydrogen) atoms. The summed E-state index contributed by atoms with van der Waals surface area (Å²) in [6.07, 6.45) is 0.160. The minimum absolute atomic E-state index is 0.129. The van der Waals surface area contributed by atoms with Gasteiger partial charge >= 0.3 is 11.9 Å². The van der Waals surface area contributed by atoms with Crippen molar-refractivity contribution in [3.63, 3.8) is 0 Å². The molecule has 2 atom stereocenters. The number of methoxy groups -OCH3 is 3. The molecule has 1 aromatic carbocycles. The van der Waals surface area contributed by atoms with Gasteiger partial charge in [0, 0.05) is 11.5 Å². The Kier molecular flexibility index (Phi) is 4.68. The van der Waals surface area contributed by atoms with Crippen LogP contribution in [0.25, 0.3) is 0 Å². The van der Waals surface area contributed by atoms with Crippen LogP contribution in [0.4, 0.5) is 0 Å². The van der Waals surface area contributed by atoms with Crippen molar-refractivity contribution in [2.24, 2.45) is 5.41 Å². The van der Waals surface area contributed by atoms with Crippen molar-refractivity contribution < 1.29 is 33.6 Å². The van der Waals surface area contributed by atoms with Crippen molar-refractivity contribution >= 4 is 11.9 Å². The van der Waals surface area contributed by atoms with Crippen molar-refractivity contribution in [3.8, 4) is 17.2 Å². The minimum Gasteiger partial charge on any atom is -0.493 e. The number of benzene rings is 1. The van der Waals surface area contributed by atoms with Crippen LogP contribution in [0.2, 0.25) is 0 Å². The van der Waals surface area contributed by atoms with Crippen LogP contribution < -0.4 is 14.2 Å². The third-order valence-corrected chi connectivity index (χ3v) is 4.09. The Labute approximate surface area is 134 Å². The van der Waals surface area contributed by atoms with Crippen LogP contribution in [-0.2, 0) is 14.3 Å². The van der Waals surface area contributed by atoms with E-state index in [1.807, 2.05) is 0 Å². The van der Waals surface area contributed by atoms with Gasteiger partial charge in [-0.05, 0) is 19.4 Å². The van der Waals surface area contributed by atoms with Crippen molar-refractivity contribution in [1.29, 1.82) is 0 Å². The Morgan fingerprint density at radius 2 is 1.83 bits per heavy atom. The molecule has 0 bridgehead atoms. The maximum atomic E-state index is 12.1. The molecule has 7 nitrogen and oxygen atoms in total. The number of rotatable bonds is 7. The number of esters is 1. The van der Waals surface area contributed by atoms with Crippen LogP contribution in [0.1, 0.15) is 24.8 Å². The first-order valence-corrected chi connectivity index (χ1v) is 7.17. The van der Waals surface area contributed by atoms with Crippen LogP contribution in [-0.4, -0.2) is 45.0 Å². The SMILES string of the molecule is CCOC(=O)C1(C(=O)O)CC1c1ccc(OC)c(OC)c1OC. The molecule has 0 heterocycles. The van der Waals surface area contributed by atoms with Gasteiger partial charge in [-0.25, -0.2) is 0 Å². The third-order valence-electron chi connectivity index (χ3n) is 4.09. The molecule has 2 rings (SSSR count). The largest absolute Gasteiger partial charge is 0.493 e. The van der Waals surface area contributed by atoms with E-state index in [4.69, 9.17) is 18.9 Å². The third kappa shape index (κ3) is 2.56. The van der Waals surface area contributed by atoms with Gasteiger partial charge in [-0.2, -0.15) is 0 Å². The highest BCUT2D eigenvalue weighted by Crippen LogP contribution is 2.63. The zero-order valence-corrected chi connectivity index (χ0v) is 13.5. The van der Waals surface area contributed by atoms with Gasteiger partial charge in [0.2, 0.25) is 5.75 Å². The molecule has 1 N–H and O–H groups in total. The van der Waals surface area contributed by atoms with Gasteiger partial charge in [-0.1, -0.05) is 6.07 Å². The molecule has 0 aromatic heterocycles. The van der Waals surface area contributed by atoms with Gasteiger partial charge in [0.05, 0.1) is 27.9 Å². The summed E-state index contributed by atoms with van der Waals surface area (Å²) >= 11 is 0. The molecule has 0 saturated heterocycles.